The van der Waals surface area contributed by atoms with Crippen molar-refractivity contribution in [1.82, 2.24) is 0 Å². The number of aliphatic hydroxyl groups is 2. The van der Waals surface area contributed by atoms with Crippen molar-refractivity contribution in [2.24, 2.45) is 5.92 Å². The Labute approximate surface area is 117 Å². The van der Waals surface area contributed by atoms with E-state index in [0.29, 0.717) is 0 Å². The Kier molecular flexibility index (Phi) is 7.76. The topological polar surface area (TPSA) is 40.5 Å². The highest BCUT2D eigenvalue weighted by Crippen LogP contribution is 2.29. The summed E-state index contributed by atoms with van der Waals surface area (Å²) in [7, 11) is 0. The summed E-state index contributed by atoms with van der Waals surface area (Å²) < 4.78 is 0. The number of rotatable bonds is 9. The molecule has 0 aromatic heterocycles. The van der Waals surface area contributed by atoms with Gasteiger partial charge in [0.1, 0.15) is 0 Å². The fraction of sp³-hybridized carbons (Fsp3) is 0.647. The molecule has 0 bridgehead atoms. The number of unbranched alkanes of at least 4 members (excludes halogenated alkanes) is 4. The van der Waals surface area contributed by atoms with Gasteiger partial charge in [-0.25, -0.2) is 0 Å². The number of benzene rings is 1. The molecule has 0 saturated carbocycles. The molecule has 1 aromatic rings. The summed E-state index contributed by atoms with van der Waals surface area (Å²) in [4.78, 5) is 0. The summed E-state index contributed by atoms with van der Waals surface area (Å²) in [5.74, 6) is -0.0657. The minimum atomic E-state index is -0.563. The summed E-state index contributed by atoms with van der Waals surface area (Å²) in [6.07, 6.45) is 5.90. The Morgan fingerprint density at radius 1 is 0.947 bits per heavy atom. The molecule has 0 aliphatic carbocycles. The van der Waals surface area contributed by atoms with Crippen LogP contribution in [0, 0.1) is 5.92 Å². The molecule has 0 fully saturated rings. The Morgan fingerprint density at radius 3 is 2.16 bits per heavy atom. The molecule has 108 valence electrons. The first kappa shape index (κ1) is 16.2. The van der Waals surface area contributed by atoms with Crippen molar-refractivity contribution in [2.75, 3.05) is 0 Å². The van der Waals surface area contributed by atoms with Crippen LogP contribution in [0.25, 0.3) is 0 Å². The largest absolute Gasteiger partial charge is 0.393 e. The standard InChI is InChI=1S/C17H28O2/c1-3-4-5-6-10-13-16(14(2)18)17(19)15-11-8-7-9-12-15/h7-9,11-12,14,16-19H,3-6,10,13H2,1-2H3. The van der Waals surface area contributed by atoms with Crippen LogP contribution < -0.4 is 0 Å². The maximum absolute atomic E-state index is 10.4. The lowest BCUT2D eigenvalue weighted by atomic mass is 9.87. The Morgan fingerprint density at radius 2 is 1.58 bits per heavy atom. The van der Waals surface area contributed by atoms with Gasteiger partial charge in [-0.15, -0.1) is 0 Å². The highest BCUT2D eigenvalue weighted by molar-refractivity contribution is 5.18. The number of hydrogen-bond donors (Lipinski definition) is 2. The van der Waals surface area contributed by atoms with E-state index in [2.05, 4.69) is 6.92 Å². The monoisotopic (exact) mass is 264 g/mol. The van der Waals surface area contributed by atoms with Crippen LogP contribution in [0.15, 0.2) is 30.3 Å². The van der Waals surface area contributed by atoms with Crippen molar-refractivity contribution in [1.29, 1.82) is 0 Å². The second-order valence-corrected chi connectivity index (χ2v) is 5.46. The van der Waals surface area contributed by atoms with Gasteiger partial charge in [0.05, 0.1) is 12.2 Å². The summed E-state index contributed by atoms with van der Waals surface area (Å²) >= 11 is 0. The van der Waals surface area contributed by atoms with E-state index in [0.717, 1.165) is 18.4 Å². The molecule has 0 spiro atoms. The number of aliphatic hydroxyl groups excluding tert-OH is 2. The lowest BCUT2D eigenvalue weighted by Gasteiger charge is -2.26. The normalized spacial score (nSPS) is 16.0. The first-order valence-corrected chi connectivity index (χ1v) is 7.58. The summed E-state index contributed by atoms with van der Waals surface area (Å²) in [6.45, 7) is 3.99. The van der Waals surface area contributed by atoms with Crippen molar-refractivity contribution >= 4 is 0 Å². The van der Waals surface area contributed by atoms with Crippen LogP contribution in [0.5, 0.6) is 0 Å². The second kappa shape index (κ2) is 9.11. The van der Waals surface area contributed by atoms with Crippen LogP contribution in [0.1, 0.15) is 64.0 Å². The van der Waals surface area contributed by atoms with E-state index in [4.69, 9.17) is 0 Å². The van der Waals surface area contributed by atoms with E-state index in [-0.39, 0.29) is 5.92 Å². The Bertz CT molecular complexity index is 321. The third-order valence-corrected chi connectivity index (χ3v) is 3.81. The van der Waals surface area contributed by atoms with Gasteiger partial charge in [-0.1, -0.05) is 69.4 Å². The molecule has 0 radical (unpaired) electrons. The van der Waals surface area contributed by atoms with Gasteiger partial charge < -0.3 is 10.2 Å². The maximum Gasteiger partial charge on any atom is 0.0842 e. The lowest BCUT2D eigenvalue weighted by Crippen LogP contribution is -2.24. The van der Waals surface area contributed by atoms with E-state index in [9.17, 15) is 10.2 Å². The SMILES string of the molecule is CCCCCCCC(C(C)O)C(O)c1ccccc1. The molecule has 2 heteroatoms. The third kappa shape index (κ3) is 5.75. The second-order valence-electron chi connectivity index (χ2n) is 5.46. The van der Waals surface area contributed by atoms with Crippen LogP contribution in [0.2, 0.25) is 0 Å². The van der Waals surface area contributed by atoms with Gasteiger partial charge >= 0.3 is 0 Å². The highest BCUT2D eigenvalue weighted by atomic mass is 16.3. The van der Waals surface area contributed by atoms with Crippen molar-refractivity contribution in [3.05, 3.63) is 35.9 Å². The Hall–Kier alpha value is -0.860. The number of hydrogen-bond acceptors (Lipinski definition) is 2. The molecule has 2 N–H and O–H groups in total. The molecule has 0 heterocycles. The van der Waals surface area contributed by atoms with Crippen LogP contribution in [-0.4, -0.2) is 16.3 Å². The molecule has 0 aliphatic rings. The van der Waals surface area contributed by atoms with Crippen molar-refractivity contribution in [2.45, 2.75) is 64.6 Å². The lowest BCUT2D eigenvalue weighted by molar-refractivity contribution is 0.0147. The molecule has 0 saturated heterocycles. The smallest absolute Gasteiger partial charge is 0.0842 e. The van der Waals surface area contributed by atoms with Crippen LogP contribution in [0.4, 0.5) is 0 Å². The third-order valence-electron chi connectivity index (χ3n) is 3.81. The first-order valence-electron chi connectivity index (χ1n) is 7.58. The molecule has 1 rings (SSSR count). The highest BCUT2D eigenvalue weighted by Gasteiger charge is 2.24. The van der Waals surface area contributed by atoms with E-state index >= 15 is 0 Å². The summed E-state index contributed by atoms with van der Waals surface area (Å²) in [6, 6.07) is 9.66. The molecule has 3 unspecified atom stereocenters. The molecule has 19 heavy (non-hydrogen) atoms. The van der Waals surface area contributed by atoms with E-state index in [1.165, 1.54) is 25.7 Å². The molecular formula is C17H28O2. The molecule has 1 aromatic carbocycles. The first-order chi connectivity index (χ1) is 9.16. The van der Waals surface area contributed by atoms with Gasteiger partial charge in [0.25, 0.3) is 0 Å². The van der Waals surface area contributed by atoms with E-state index < -0.39 is 12.2 Å². The molecule has 2 nitrogen and oxygen atoms in total. The molecule has 0 amide bonds. The van der Waals surface area contributed by atoms with Crippen molar-refractivity contribution in [3.63, 3.8) is 0 Å². The maximum atomic E-state index is 10.4. The fourth-order valence-corrected chi connectivity index (χ4v) is 2.54. The quantitative estimate of drug-likeness (QED) is 0.660. The van der Waals surface area contributed by atoms with E-state index in [1.807, 2.05) is 30.3 Å². The zero-order chi connectivity index (χ0) is 14.1. The summed E-state index contributed by atoms with van der Waals surface area (Å²) in [5.41, 5.74) is 0.905. The zero-order valence-electron chi connectivity index (χ0n) is 12.3. The average Bonchev–Trinajstić information content (AvgIpc) is 2.43. The van der Waals surface area contributed by atoms with Gasteiger partial charge in [-0.2, -0.15) is 0 Å². The predicted molar refractivity (Wildman–Crippen MR) is 79.9 cm³/mol. The minimum absolute atomic E-state index is 0.0657. The molecule has 0 aliphatic heterocycles. The van der Waals surface area contributed by atoms with Gasteiger partial charge in [0.15, 0.2) is 0 Å². The minimum Gasteiger partial charge on any atom is -0.393 e. The molecule has 3 atom stereocenters. The van der Waals surface area contributed by atoms with Gasteiger partial charge in [0, 0.05) is 5.92 Å². The average molecular weight is 264 g/mol. The van der Waals surface area contributed by atoms with Gasteiger partial charge in [0.2, 0.25) is 0 Å². The van der Waals surface area contributed by atoms with Gasteiger partial charge in [-0.05, 0) is 18.9 Å². The molecular weight excluding hydrogens is 236 g/mol. The van der Waals surface area contributed by atoms with Crippen LogP contribution in [-0.2, 0) is 0 Å². The van der Waals surface area contributed by atoms with Crippen molar-refractivity contribution in [3.8, 4) is 0 Å². The zero-order valence-corrected chi connectivity index (χ0v) is 12.3. The summed E-state index contributed by atoms with van der Waals surface area (Å²) in [5, 5.41) is 20.3. The van der Waals surface area contributed by atoms with E-state index in [1.54, 1.807) is 6.92 Å². The Balaban J connectivity index is 2.48. The fourth-order valence-electron chi connectivity index (χ4n) is 2.54. The van der Waals surface area contributed by atoms with Crippen LogP contribution in [0.3, 0.4) is 0 Å². The van der Waals surface area contributed by atoms with Gasteiger partial charge in [-0.3, -0.25) is 0 Å². The van der Waals surface area contributed by atoms with Crippen LogP contribution >= 0.6 is 0 Å². The van der Waals surface area contributed by atoms with Crippen molar-refractivity contribution < 1.29 is 10.2 Å². The predicted octanol–water partition coefficient (Wildman–Crippen LogP) is 4.08.